The molecule has 49 valence electrons. The standard InChI is InChI=1S/C7H5S2Si.Na/c8-7(9)5-1-3-6(10)4-2-5;/h1-4H,(H,8,9);/q;+1/p-1. The van der Waals surface area contributed by atoms with E-state index in [9.17, 15) is 0 Å². The van der Waals surface area contributed by atoms with Gasteiger partial charge in [-0.25, -0.2) is 0 Å². The maximum atomic E-state index is 4.80. The first-order chi connectivity index (χ1) is 4.70. The van der Waals surface area contributed by atoms with E-state index >= 15 is 0 Å². The van der Waals surface area contributed by atoms with Crippen LogP contribution in [0.25, 0.3) is 0 Å². The van der Waals surface area contributed by atoms with Crippen molar-refractivity contribution in [2.24, 2.45) is 0 Å². The van der Waals surface area contributed by atoms with Crippen molar-refractivity contribution in [3.05, 3.63) is 29.8 Å². The first kappa shape index (κ1) is 11.7. The Morgan fingerprint density at radius 3 is 2.09 bits per heavy atom. The molecule has 1 aromatic carbocycles. The molecule has 0 atom stereocenters. The van der Waals surface area contributed by atoms with Crippen molar-refractivity contribution in [2.75, 3.05) is 0 Å². The van der Waals surface area contributed by atoms with E-state index in [-0.39, 0.29) is 29.6 Å². The van der Waals surface area contributed by atoms with Crippen LogP contribution in [0.4, 0.5) is 0 Å². The molecule has 0 unspecified atom stereocenters. The fourth-order valence-electron chi connectivity index (χ4n) is 0.606. The zero-order valence-corrected chi connectivity index (χ0v) is 10.8. The van der Waals surface area contributed by atoms with Crippen LogP contribution in [-0.2, 0) is 12.6 Å². The van der Waals surface area contributed by atoms with Crippen LogP contribution in [0.5, 0.6) is 0 Å². The van der Waals surface area contributed by atoms with Crippen LogP contribution in [-0.4, -0.2) is 14.4 Å². The third kappa shape index (κ3) is 3.78. The van der Waals surface area contributed by atoms with Crippen molar-refractivity contribution in [2.45, 2.75) is 0 Å². The second kappa shape index (κ2) is 5.40. The van der Waals surface area contributed by atoms with E-state index < -0.39 is 0 Å². The Balaban J connectivity index is 0.000001000. The smallest absolute Gasteiger partial charge is 0.428 e. The molecule has 4 heteroatoms. The van der Waals surface area contributed by atoms with Gasteiger partial charge in [0.2, 0.25) is 0 Å². The Labute approximate surface area is 103 Å². The quantitative estimate of drug-likeness (QED) is 0.286. The molecule has 0 aliphatic rings. The molecule has 0 aromatic heterocycles. The van der Waals surface area contributed by atoms with Gasteiger partial charge in [-0.2, -0.15) is 0 Å². The van der Waals surface area contributed by atoms with Gasteiger partial charge in [0, 0.05) is 0 Å². The zero-order chi connectivity index (χ0) is 7.56. The third-order valence-corrected chi connectivity index (χ3v) is 1.93. The van der Waals surface area contributed by atoms with Gasteiger partial charge in [0.1, 0.15) is 0 Å². The number of hydrogen-bond donors (Lipinski definition) is 0. The molecule has 0 amide bonds. The summed E-state index contributed by atoms with van der Waals surface area (Å²) >= 11 is 9.61. The number of rotatable bonds is 1. The van der Waals surface area contributed by atoms with E-state index in [4.69, 9.17) is 24.8 Å². The van der Waals surface area contributed by atoms with Crippen LogP contribution in [0, 0.1) is 0 Å². The maximum Gasteiger partial charge on any atom is 1.00 e. The molecule has 0 aliphatic carbocycles. The summed E-state index contributed by atoms with van der Waals surface area (Å²) in [5, 5.41) is 1.04. The van der Waals surface area contributed by atoms with Gasteiger partial charge < -0.3 is 24.8 Å². The van der Waals surface area contributed by atoms with Crippen LogP contribution >= 0.6 is 12.2 Å². The van der Waals surface area contributed by atoms with Crippen molar-refractivity contribution >= 4 is 44.5 Å². The van der Waals surface area contributed by atoms with E-state index in [2.05, 4.69) is 10.2 Å². The van der Waals surface area contributed by atoms with Crippen LogP contribution in [0.2, 0.25) is 0 Å². The van der Waals surface area contributed by atoms with Gasteiger partial charge in [-0.1, -0.05) is 29.5 Å². The second-order valence-corrected chi connectivity index (χ2v) is 3.52. The van der Waals surface area contributed by atoms with Crippen molar-refractivity contribution in [3.63, 3.8) is 0 Å². The third-order valence-electron chi connectivity index (χ3n) is 1.12. The Morgan fingerprint density at radius 2 is 1.73 bits per heavy atom. The topological polar surface area (TPSA) is 0 Å². The minimum Gasteiger partial charge on any atom is -0.428 e. The average Bonchev–Trinajstić information content (AvgIpc) is 1.88. The molecule has 0 saturated heterocycles. The first-order valence-corrected chi connectivity index (χ1v) is 4.05. The SMILES string of the molecule is [Na+].[Si]c1ccc(C(=S)[S-])cc1. The fraction of sp³-hybridized carbons (Fsp3) is 0. The molecule has 3 radical (unpaired) electrons. The Kier molecular flexibility index (Phi) is 5.77. The summed E-state index contributed by atoms with van der Waals surface area (Å²) in [6.07, 6.45) is 0. The minimum atomic E-state index is 0. The molecule has 0 aliphatic heterocycles. The van der Waals surface area contributed by atoms with E-state index in [1.807, 2.05) is 24.3 Å². The van der Waals surface area contributed by atoms with Gasteiger partial charge in [-0.05, 0) is 5.56 Å². The van der Waals surface area contributed by atoms with Crippen LogP contribution in [0.15, 0.2) is 24.3 Å². The molecule has 0 spiro atoms. The molecule has 0 fully saturated rings. The minimum absolute atomic E-state index is 0. The summed E-state index contributed by atoms with van der Waals surface area (Å²) in [6.45, 7) is 0. The maximum absolute atomic E-state index is 4.80. The summed E-state index contributed by atoms with van der Waals surface area (Å²) in [7, 11) is 3.36. The first-order valence-electron chi connectivity index (χ1n) is 2.73. The van der Waals surface area contributed by atoms with Gasteiger partial charge >= 0.3 is 29.6 Å². The summed E-state index contributed by atoms with van der Waals surface area (Å²) in [6, 6.07) is 7.64. The molecular formula is C7H4NaS2Si. The summed E-state index contributed by atoms with van der Waals surface area (Å²) < 4.78 is 0.520. The zero-order valence-electron chi connectivity index (χ0n) is 6.13. The Bertz CT molecular complexity index is 245. The van der Waals surface area contributed by atoms with Crippen molar-refractivity contribution in [3.8, 4) is 0 Å². The molecule has 0 heterocycles. The molecule has 1 aromatic rings. The van der Waals surface area contributed by atoms with E-state index in [0.717, 1.165) is 10.8 Å². The largest absolute Gasteiger partial charge is 1.00 e. The normalized spacial score (nSPS) is 8.45. The van der Waals surface area contributed by atoms with Crippen LogP contribution in [0.1, 0.15) is 5.56 Å². The Morgan fingerprint density at radius 1 is 1.27 bits per heavy atom. The monoisotopic (exact) mass is 203 g/mol. The fourth-order valence-corrected chi connectivity index (χ4v) is 1.05. The van der Waals surface area contributed by atoms with E-state index in [0.29, 0.717) is 4.20 Å². The molecular weight excluding hydrogens is 199 g/mol. The van der Waals surface area contributed by atoms with Gasteiger partial charge in [0.25, 0.3) is 0 Å². The van der Waals surface area contributed by atoms with Crippen LogP contribution < -0.4 is 34.7 Å². The molecule has 0 N–H and O–H groups in total. The predicted octanol–water partition coefficient (Wildman–Crippen LogP) is -2.29. The number of benzene rings is 1. The second-order valence-electron chi connectivity index (χ2n) is 1.86. The van der Waals surface area contributed by atoms with Gasteiger partial charge in [0.05, 0.1) is 10.2 Å². The van der Waals surface area contributed by atoms with E-state index in [1.54, 1.807) is 0 Å². The van der Waals surface area contributed by atoms with Crippen LogP contribution in [0.3, 0.4) is 0 Å². The molecule has 11 heavy (non-hydrogen) atoms. The van der Waals surface area contributed by atoms with Gasteiger partial charge in [-0.3, -0.25) is 0 Å². The van der Waals surface area contributed by atoms with Crippen molar-refractivity contribution in [1.82, 2.24) is 0 Å². The summed E-state index contributed by atoms with van der Waals surface area (Å²) in [5.74, 6) is 0. The van der Waals surface area contributed by atoms with Crippen molar-refractivity contribution in [1.29, 1.82) is 0 Å². The van der Waals surface area contributed by atoms with Gasteiger partial charge in [0.15, 0.2) is 0 Å². The summed E-state index contributed by atoms with van der Waals surface area (Å²) in [4.78, 5) is 0. The van der Waals surface area contributed by atoms with Gasteiger partial charge in [-0.15, -0.1) is 4.20 Å². The number of thiocarbonyl (C=S) groups is 1. The van der Waals surface area contributed by atoms with E-state index in [1.165, 1.54) is 0 Å². The molecule has 1 rings (SSSR count). The average molecular weight is 203 g/mol. The summed E-state index contributed by atoms with van der Waals surface area (Å²) in [5.41, 5.74) is 0.937. The van der Waals surface area contributed by atoms with Crippen molar-refractivity contribution < 1.29 is 29.6 Å². The number of hydrogen-bond acceptors (Lipinski definition) is 2. The molecule has 0 saturated carbocycles. The Hall–Kier alpha value is 0.747. The molecule has 0 nitrogen and oxygen atoms in total. The molecule has 0 bridgehead atoms. The predicted molar refractivity (Wildman–Crippen MR) is 50.9 cm³/mol.